The van der Waals surface area contributed by atoms with E-state index in [9.17, 15) is 0 Å². The van der Waals surface area contributed by atoms with Gasteiger partial charge < -0.3 is 0 Å². The number of alkyl halides is 1. The van der Waals surface area contributed by atoms with Crippen molar-refractivity contribution in [2.45, 2.75) is 0 Å². The first kappa shape index (κ1) is 7.17. The average Bonchev–Trinajstić information content (AvgIpc) is 2.31. The largest absolute Gasteiger partial charge is 0.260 e. The predicted molar refractivity (Wildman–Crippen MR) is 40.8 cm³/mol. The molecule has 10 heavy (non-hydrogen) atoms. The summed E-state index contributed by atoms with van der Waals surface area (Å²) in [6.45, 7) is 0. The van der Waals surface area contributed by atoms with Crippen LogP contribution in [0.15, 0.2) is 12.3 Å². The fraction of sp³-hybridized carbons (Fsp3) is 0.286. The van der Waals surface area contributed by atoms with Crippen LogP contribution in [0.1, 0.15) is 5.69 Å². The molecule has 2 nitrogen and oxygen atoms in total. The van der Waals surface area contributed by atoms with Gasteiger partial charge in [0.05, 0.1) is 12.1 Å². The van der Waals surface area contributed by atoms with Gasteiger partial charge in [0, 0.05) is 7.05 Å². The Labute approximate surface area is 64.8 Å². The maximum atomic E-state index is 5.37. The second-order valence-corrected chi connectivity index (χ2v) is 2.04. The molecule has 0 saturated heterocycles. The molecule has 0 spiro atoms. The lowest BCUT2D eigenvalue weighted by Gasteiger charge is -1.87. The zero-order chi connectivity index (χ0) is 7.40. The van der Waals surface area contributed by atoms with Crippen LogP contribution in [0.4, 0.5) is 0 Å². The van der Waals surface area contributed by atoms with Gasteiger partial charge in [-0.3, -0.25) is 4.68 Å². The Morgan fingerprint density at radius 3 is 3.10 bits per heavy atom. The summed E-state index contributed by atoms with van der Waals surface area (Å²) in [7, 11) is 1.85. The number of hydrogen-bond donors (Lipinski definition) is 0. The van der Waals surface area contributed by atoms with Crippen molar-refractivity contribution in [1.29, 1.82) is 0 Å². The second kappa shape index (κ2) is 3.28. The summed E-state index contributed by atoms with van der Waals surface area (Å²) in [5.74, 6) is 5.97. The predicted octanol–water partition coefficient (Wildman–Crippen LogP) is 1.01. The van der Waals surface area contributed by atoms with Gasteiger partial charge in [0.2, 0.25) is 0 Å². The van der Waals surface area contributed by atoms with Crippen molar-refractivity contribution in [3.63, 3.8) is 0 Å². The molecule has 0 unspecified atom stereocenters. The van der Waals surface area contributed by atoms with Gasteiger partial charge in [0.15, 0.2) is 0 Å². The normalized spacial score (nSPS) is 8.60. The summed E-state index contributed by atoms with van der Waals surface area (Å²) < 4.78 is 1.71. The first-order chi connectivity index (χ1) is 4.84. The minimum Gasteiger partial charge on any atom is -0.260 e. The molecule has 0 fully saturated rings. The molecule has 0 bridgehead atoms. The minimum atomic E-state index is 0.366. The number of halogens is 1. The van der Waals surface area contributed by atoms with Gasteiger partial charge in [-0.2, -0.15) is 5.10 Å². The summed E-state index contributed by atoms with van der Waals surface area (Å²) >= 11 is 5.37. The average molecular weight is 155 g/mol. The van der Waals surface area contributed by atoms with Crippen molar-refractivity contribution < 1.29 is 0 Å². The highest BCUT2D eigenvalue weighted by Gasteiger charge is 1.89. The maximum Gasteiger partial charge on any atom is 0.110 e. The fourth-order valence-corrected chi connectivity index (χ4v) is 0.687. The summed E-state index contributed by atoms with van der Waals surface area (Å²) in [5, 5.41) is 3.94. The van der Waals surface area contributed by atoms with Crippen molar-refractivity contribution in [3.05, 3.63) is 18.0 Å². The van der Waals surface area contributed by atoms with Crippen LogP contribution in [0.2, 0.25) is 0 Å². The molecule has 0 aliphatic carbocycles. The van der Waals surface area contributed by atoms with Gasteiger partial charge in [-0.15, -0.1) is 11.6 Å². The Balaban J connectivity index is 2.84. The van der Waals surface area contributed by atoms with Crippen LogP contribution < -0.4 is 0 Å². The van der Waals surface area contributed by atoms with Crippen molar-refractivity contribution in [2.24, 2.45) is 7.05 Å². The number of aromatic nitrogens is 2. The van der Waals surface area contributed by atoms with Gasteiger partial charge in [-0.05, 0) is 12.0 Å². The van der Waals surface area contributed by atoms with Crippen LogP contribution in [-0.2, 0) is 7.05 Å². The van der Waals surface area contributed by atoms with E-state index < -0.39 is 0 Å². The number of hydrogen-bond acceptors (Lipinski definition) is 1. The van der Waals surface area contributed by atoms with Crippen LogP contribution in [-0.4, -0.2) is 15.7 Å². The van der Waals surface area contributed by atoms with Crippen LogP contribution in [0.3, 0.4) is 0 Å². The van der Waals surface area contributed by atoms with E-state index in [-0.39, 0.29) is 0 Å². The highest BCUT2D eigenvalue weighted by Crippen LogP contribution is 1.91. The van der Waals surface area contributed by atoms with Crippen LogP contribution in [0, 0.1) is 11.8 Å². The number of rotatable bonds is 0. The van der Waals surface area contributed by atoms with Crippen LogP contribution in [0.25, 0.3) is 0 Å². The first-order valence-electron chi connectivity index (χ1n) is 2.87. The SMILES string of the molecule is Cn1nccc1C#CCCl. The van der Waals surface area contributed by atoms with E-state index in [1.54, 1.807) is 10.9 Å². The topological polar surface area (TPSA) is 17.8 Å². The van der Waals surface area contributed by atoms with Crippen molar-refractivity contribution in [2.75, 3.05) is 5.88 Å². The standard InChI is InChI=1S/C7H7ClN2/c1-10-7(3-2-5-8)4-6-9-10/h4,6H,5H2,1H3. The number of aryl methyl sites for hydroxylation is 1. The molecule has 52 valence electrons. The summed E-state index contributed by atoms with van der Waals surface area (Å²) in [4.78, 5) is 0. The molecule has 1 rings (SSSR count). The van der Waals surface area contributed by atoms with E-state index in [1.165, 1.54) is 0 Å². The molecule has 1 aromatic rings. The molecule has 1 aromatic heterocycles. The molecule has 0 aromatic carbocycles. The lowest BCUT2D eigenvalue weighted by Crippen LogP contribution is -1.92. The minimum absolute atomic E-state index is 0.366. The van der Waals surface area contributed by atoms with Gasteiger partial charge in [-0.1, -0.05) is 5.92 Å². The first-order valence-corrected chi connectivity index (χ1v) is 3.41. The van der Waals surface area contributed by atoms with Crippen molar-refractivity contribution >= 4 is 11.6 Å². The molecule has 1 heterocycles. The Bertz CT molecular complexity index is 267. The van der Waals surface area contributed by atoms with E-state index in [4.69, 9.17) is 11.6 Å². The second-order valence-electron chi connectivity index (χ2n) is 1.78. The highest BCUT2D eigenvalue weighted by molar-refractivity contribution is 6.19. The Morgan fingerprint density at radius 1 is 1.80 bits per heavy atom. The van der Waals surface area contributed by atoms with Crippen LogP contribution >= 0.6 is 11.6 Å². The lowest BCUT2D eigenvalue weighted by atomic mass is 10.4. The fourth-order valence-electron chi connectivity index (χ4n) is 0.621. The van der Waals surface area contributed by atoms with Gasteiger partial charge in [0.1, 0.15) is 5.69 Å². The summed E-state index contributed by atoms with van der Waals surface area (Å²) in [6, 6.07) is 1.85. The highest BCUT2D eigenvalue weighted by atomic mass is 35.5. The Morgan fingerprint density at radius 2 is 2.60 bits per heavy atom. The van der Waals surface area contributed by atoms with E-state index >= 15 is 0 Å². The van der Waals surface area contributed by atoms with Gasteiger partial charge in [-0.25, -0.2) is 0 Å². The van der Waals surface area contributed by atoms with Gasteiger partial charge >= 0.3 is 0 Å². The smallest absolute Gasteiger partial charge is 0.110 e. The third-order valence-corrected chi connectivity index (χ3v) is 1.24. The molecule has 0 atom stereocenters. The molecule has 0 N–H and O–H groups in total. The quantitative estimate of drug-likeness (QED) is 0.403. The van der Waals surface area contributed by atoms with E-state index in [0.717, 1.165) is 5.69 Å². The van der Waals surface area contributed by atoms with Gasteiger partial charge in [0.25, 0.3) is 0 Å². The third kappa shape index (κ3) is 1.52. The zero-order valence-electron chi connectivity index (χ0n) is 5.63. The van der Waals surface area contributed by atoms with Crippen LogP contribution in [0.5, 0.6) is 0 Å². The molecule has 0 amide bonds. The Hall–Kier alpha value is -0.940. The van der Waals surface area contributed by atoms with E-state index in [1.807, 2.05) is 13.1 Å². The molecule has 0 aliphatic rings. The molecular formula is C7H7ClN2. The van der Waals surface area contributed by atoms with Crippen molar-refractivity contribution in [1.82, 2.24) is 9.78 Å². The number of nitrogens with zero attached hydrogens (tertiary/aromatic N) is 2. The summed E-state index contributed by atoms with van der Waals surface area (Å²) in [6.07, 6.45) is 1.71. The molecule has 0 saturated carbocycles. The van der Waals surface area contributed by atoms with E-state index in [2.05, 4.69) is 16.9 Å². The molecule has 0 radical (unpaired) electrons. The van der Waals surface area contributed by atoms with Crippen molar-refractivity contribution in [3.8, 4) is 11.8 Å². The summed E-state index contributed by atoms with van der Waals surface area (Å²) in [5.41, 5.74) is 0.889. The van der Waals surface area contributed by atoms with E-state index in [0.29, 0.717) is 5.88 Å². The Kier molecular flexibility index (Phi) is 2.35. The third-order valence-electron chi connectivity index (χ3n) is 1.10. The molecule has 0 aliphatic heterocycles. The lowest BCUT2D eigenvalue weighted by molar-refractivity contribution is 0.757. The molecular weight excluding hydrogens is 148 g/mol. The molecule has 3 heteroatoms. The zero-order valence-corrected chi connectivity index (χ0v) is 6.39. The monoisotopic (exact) mass is 154 g/mol. The maximum absolute atomic E-state index is 5.37.